The van der Waals surface area contributed by atoms with Crippen LogP contribution in [0, 0.1) is 5.41 Å². The average Bonchev–Trinajstić information content (AvgIpc) is 2.23. The van der Waals surface area contributed by atoms with Gasteiger partial charge in [0.05, 0.1) is 0 Å². The summed E-state index contributed by atoms with van der Waals surface area (Å²) in [6.45, 7) is 0. The van der Waals surface area contributed by atoms with Gasteiger partial charge >= 0.3 is 0 Å². The van der Waals surface area contributed by atoms with Crippen LogP contribution in [-0.4, -0.2) is 12.5 Å². The fourth-order valence-corrected chi connectivity index (χ4v) is 3.50. The molecule has 2 aliphatic rings. The summed E-state index contributed by atoms with van der Waals surface area (Å²) in [5, 5.41) is 3.06. The summed E-state index contributed by atoms with van der Waals surface area (Å²) in [4.78, 5) is 10.6. The molecule has 14 heavy (non-hydrogen) atoms. The molecule has 2 heteroatoms. The van der Waals surface area contributed by atoms with E-state index in [1.165, 1.54) is 57.8 Å². The molecular formula is C12H21NO. The first kappa shape index (κ1) is 10.0. The van der Waals surface area contributed by atoms with E-state index in [0.717, 1.165) is 6.41 Å². The third-order valence-electron chi connectivity index (χ3n) is 4.28. The Morgan fingerprint density at radius 3 is 2.29 bits per heavy atom. The minimum absolute atomic E-state index is 0.481. The van der Waals surface area contributed by atoms with Crippen molar-refractivity contribution in [3.63, 3.8) is 0 Å². The van der Waals surface area contributed by atoms with Crippen LogP contribution in [0.3, 0.4) is 0 Å². The molecule has 2 saturated carbocycles. The Kier molecular flexibility index (Phi) is 3.09. The highest BCUT2D eigenvalue weighted by Crippen LogP contribution is 2.47. The van der Waals surface area contributed by atoms with Crippen LogP contribution in [0.25, 0.3) is 0 Å². The maximum Gasteiger partial charge on any atom is 0.207 e. The zero-order valence-corrected chi connectivity index (χ0v) is 8.93. The van der Waals surface area contributed by atoms with Gasteiger partial charge in [-0.25, -0.2) is 0 Å². The lowest BCUT2D eigenvalue weighted by atomic mass is 9.62. The minimum Gasteiger partial charge on any atom is -0.355 e. The van der Waals surface area contributed by atoms with Crippen LogP contribution in [0.1, 0.15) is 57.8 Å². The van der Waals surface area contributed by atoms with Crippen LogP contribution in [0.15, 0.2) is 0 Å². The van der Waals surface area contributed by atoms with Gasteiger partial charge in [-0.2, -0.15) is 0 Å². The molecule has 0 heterocycles. The zero-order chi connectivity index (χ0) is 9.86. The number of carbonyl (C=O) groups excluding carboxylic acids is 1. The summed E-state index contributed by atoms with van der Waals surface area (Å²) in [7, 11) is 0. The molecule has 0 bridgehead atoms. The molecule has 0 aromatic carbocycles. The molecule has 0 aromatic rings. The van der Waals surface area contributed by atoms with Gasteiger partial charge in [-0.3, -0.25) is 4.79 Å². The first-order valence-corrected chi connectivity index (χ1v) is 6.07. The highest BCUT2D eigenvalue weighted by atomic mass is 16.1. The van der Waals surface area contributed by atoms with Crippen molar-refractivity contribution in [3.05, 3.63) is 0 Å². The summed E-state index contributed by atoms with van der Waals surface area (Å²) in [6.07, 6.45) is 13.0. The van der Waals surface area contributed by atoms with Gasteiger partial charge in [0, 0.05) is 6.04 Å². The molecule has 2 rings (SSSR count). The Morgan fingerprint density at radius 1 is 1.00 bits per heavy atom. The van der Waals surface area contributed by atoms with Crippen molar-refractivity contribution in [1.29, 1.82) is 0 Å². The first-order valence-electron chi connectivity index (χ1n) is 6.07. The van der Waals surface area contributed by atoms with E-state index < -0.39 is 0 Å². The molecule has 2 fully saturated rings. The van der Waals surface area contributed by atoms with Gasteiger partial charge < -0.3 is 5.32 Å². The molecule has 1 amide bonds. The molecule has 1 unspecified atom stereocenters. The fraction of sp³-hybridized carbons (Fsp3) is 0.917. The second kappa shape index (κ2) is 4.33. The molecule has 2 aliphatic carbocycles. The van der Waals surface area contributed by atoms with Crippen molar-refractivity contribution < 1.29 is 4.79 Å². The van der Waals surface area contributed by atoms with Gasteiger partial charge in [-0.15, -0.1) is 0 Å². The third-order valence-corrected chi connectivity index (χ3v) is 4.28. The number of hydrogen-bond acceptors (Lipinski definition) is 1. The zero-order valence-electron chi connectivity index (χ0n) is 8.93. The van der Waals surface area contributed by atoms with Crippen LogP contribution in [0.2, 0.25) is 0 Å². The maximum atomic E-state index is 10.6. The standard InChI is InChI=1S/C12H21NO/c14-10-13-11-6-2-5-9-12(11)7-3-1-4-8-12/h10-11H,1-9H2,(H,13,14). The van der Waals surface area contributed by atoms with Crippen molar-refractivity contribution in [1.82, 2.24) is 5.32 Å². The van der Waals surface area contributed by atoms with Gasteiger partial charge in [0.2, 0.25) is 6.41 Å². The molecule has 1 spiro atoms. The summed E-state index contributed by atoms with van der Waals surface area (Å²) >= 11 is 0. The van der Waals surface area contributed by atoms with Gasteiger partial charge in [-0.1, -0.05) is 32.1 Å². The summed E-state index contributed by atoms with van der Waals surface area (Å²) in [5.74, 6) is 0. The lowest BCUT2D eigenvalue weighted by Gasteiger charge is -2.46. The normalized spacial score (nSPS) is 31.3. The Bertz CT molecular complexity index is 188. The van der Waals surface area contributed by atoms with Crippen LogP contribution >= 0.6 is 0 Å². The summed E-state index contributed by atoms with van der Waals surface area (Å²) in [5.41, 5.74) is 0.484. The third kappa shape index (κ3) is 1.79. The molecule has 80 valence electrons. The average molecular weight is 195 g/mol. The SMILES string of the molecule is O=CNC1CCCCC12CCCCC2. The van der Waals surface area contributed by atoms with E-state index >= 15 is 0 Å². The Labute approximate surface area is 86.5 Å². The highest BCUT2D eigenvalue weighted by Gasteiger charge is 2.40. The van der Waals surface area contributed by atoms with Crippen LogP contribution in [-0.2, 0) is 4.79 Å². The van der Waals surface area contributed by atoms with E-state index in [2.05, 4.69) is 5.32 Å². The fourth-order valence-electron chi connectivity index (χ4n) is 3.50. The molecule has 0 aromatic heterocycles. The molecule has 0 radical (unpaired) electrons. The number of nitrogens with one attached hydrogen (secondary N) is 1. The predicted molar refractivity (Wildman–Crippen MR) is 57.0 cm³/mol. The van der Waals surface area contributed by atoms with Crippen LogP contribution in [0.4, 0.5) is 0 Å². The predicted octanol–water partition coefficient (Wildman–Crippen LogP) is 2.63. The lowest BCUT2D eigenvalue weighted by Crippen LogP contribution is -2.48. The number of rotatable bonds is 2. The number of hydrogen-bond donors (Lipinski definition) is 1. The number of carbonyl (C=O) groups is 1. The molecule has 0 aliphatic heterocycles. The van der Waals surface area contributed by atoms with Crippen LogP contribution < -0.4 is 5.32 Å². The van der Waals surface area contributed by atoms with E-state index in [0.29, 0.717) is 11.5 Å². The van der Waals surface area contributed by atoms with E-state index in [4.69, 9.17) is 0 Å². The second-order valence-electron chi connectivity index (χ2n) is 5.01. The Morgan fingerprint density at radius 2 is 1.64 bits per heavy atom. The van der Waals surface area contributed by atoms with E-state index in [-0.39, 0.29) is 0 Å². The molecule has 2 nitrogen and oxygen atoms in total. The minimum atomic E-state index is 0.481. The first-order chi connectivity index (χ1) is 6.87. The number of amides is 1. The van der Waals surface area contributed by atoms with Crippen molar-refractivity contribution in [3.8, 4) is 0 Å². The second-order valence-corrected chi connectivity index (χ2v) is 5.01. The highest BCUT2D eigenvalue weighted by molar-refractivity contribution is 5.47. The molecule has 1 atom stereocenters. The van der Waals surface area contributed by atoms with Crippen molar-refractivity contribution in [2.45, 2.75) is 63.8 Å². The summed E-state index contributed by atoms with van der Waals surface area (Å²) < 4.78 is 0. The van der Waals surface area contributed by atoms with Gasteiger partial charge in [-0.05, 0) is 31.1 Å². The molecule has 0 saturated heterocycles. The maximum absolute atomic E-state index is 10.6. The van der Waals surface area contributed by atoms with Gasteiger partial charge in [0.25, 0.3) is 0 Å². The lowest BCUT2D eigenvalue weighted by molar-refractivity contribution is -0.111. The van der Waals surface area contributed by atoms with Crippen molar-refractivity contribution >= 4 is 6.41 Å². The largest absolute Gasteiger partial charge is 0.355 e. The quantitative estimate of drug-likeness (QED) is 0.674. The van der Waals surface area contributed by atoms with Crippen molar-refractivity contribution in [2.24, 2.45) is 5.41 Å². The smallest absolute Gasteiger partial charge is 0.207 e. The Hall–Kier alpha value is -0.530. The van der Waals surface area contributed by atoms with E-state index in [9.17, 15) is 4.79 Å². The Balaban J connectivity index is 2.06. The molecular weight excluding hydrogens is 174 g/mol. The topological polar surface area (TPSA) is 29.1 Å². The van der Waals surface area contributed by atoms with E-state index in [1.807, 2.05) is 0 Å². The summed E-state index contributed by atoms with van der Waals surface area (Å²) in [6, 6.07) is 0.481. The van der Waals surface area contributed by atoms with Crippen LogP contribution in [0.5, 0.6) is 0 Å². The van der Waals surface area contributed by atoms with Crippen molar-refractivity contribution in [2.75, 3.05) is 0 Å². The van der Waals surface area contributed by atoms with Gasteiger partial charge in [0.1, 0.15) is 0 Å². The monoisotopic (exact) mass is 195 g/mol. The van der Waals surface area contributed by atoms with Gasteiger partial charge in [0.15, 0.2) is 0 Å². The van der Waals surface area contributed by atoms with E-state index in [1.54, 1.807) is 0 Å². The molecule has 1 N–H and O–H groups in total.